The summed E-state index contributed by atoms with van der Waals surface area (Å²) < 4.78 is 1.76. The van der Waals surface area contributed by atoms with Gasteiger partial charge in [-0.05, 0) is 44.7 Å². The van der Waals surface area contributed by atoms with Gasteiger partial charge in [0, 0.05) is 25.6 Å². The molecule has 1 saturated heterocycles. The van der Waals surface area contributed by atoms with Gasteiger partial charge in [0.1, 0.15) is 10.7 Å². The average Bonchev–Trinajstić information content (AvgIpc) is 3.24. The van der Waals surface area contributed by atoms with Crippen LogP contribution >= 0.6 is 11.3 Å². The molecule has 4 heterocycles. The van der Waals surface area contributed by atoms with Crippen LogP contribution < -0.4 is 11.3 Å². The summed E-state index contributed by atoms with van der Waals surface area (Å²) in [6.45, 7) is 5.98. The molecule has 2 unspecified atom stereocenters. The number of hydrogen-bond donors (Lipinski definition) is 1. The minimum Gasteiger partial charge on any atom is -0.335 e. The number of amides is 1. The van der Waals surface area contributed by atoms with E-state index in [2.05, 4.69) is 11.9 Å². The van der Waals surface area contributed by atoms with Crippen molar-refractivity contribution >= 4 is 27.5 Å². The minimum absolute atomic E-state index is 0.00889. The standard InChI is InChI=1S/C17H22N4O2S/c1-9-6-11(7-18)8-21(9)17(23)14-10(2)13-15(24-14)19-12-4-3-5-20(12)16(13)22/h9,11H,3-8,18H2,1-2H3. The van der Waals surface area contributed by atoms with Gasteiger partial charge in [-0.25, -0.2) is 4.98 Å². The lowest BCUT2D eigenvalue weighted by molar-refractivity contribution is 0.0748. The highest BCUT2D eigenvalue weighted by atomic mass is 32.1. The number of aromatic nitrogens is 2. The maximum Gasteiger partial charge on any atom is 0.264 e. The first kappa shape index (κ1) is 15.8. The van der Waals surface area contributed by atoms with E-state index in [-0.39, 0.29) is 17.5 Å². The van der Waals surface area contributed by atoms with Crippen LogP contribution in [0, 0.1) is 12.8 Å². The second-order valence-electron chi connectivity index (χ2n) is 6.97. The van der Waals surface area contributed by atoms with Crippen LogP contribution in [-0.2, 0) is 13.0 Å². The lowest BCUT2D eigenvalue weighted by atomic mass is 10.1. The first-order valence-electron chi connectivity index (χ1n) is 8.55. The van der Waals surface area contributed by atoms with E-state index in [9.17, 15) is 9.59 Å². The van der Waals surface area contributed by atoms with Gasteiger partial charge in [0.2, 0.25) is 0 Å². The predicted octanol–water partition coefficient (Wildman–Crippen LogP) is 1.52. The van der Waals surface area contributed by atoms with Crippen molar-refractivity contribution in [2.24, 2.45) is 11.7 Å². The van der Waals surface area contributed by atoms with Crippen molar-refractivity contribution in [1.82, 2.24) is 14.5 Å². The molecule has 6 nitrogen and oxygen atoms in total. The summed E-state index contributed by atoms with van der Waals surface area (Å²) in [5, 5.41) is 0.622. The molecule has 2 aromatic rings. The van der Waals surface area contributed by atoms with Gasteiger partial charge in [-0.15, -0.1) is 11.3 Å². The highest BCUT2D eigenvalue weighted by molar-refractivity contribution is 7.20. The molecule has 0 radical (unpaired) electrons. The Morgan fingerprint density at radius 1 is 1.46 bits per heavy atom. The summed E-state index contributed by atoms with van der Waals surface area (Å²) in [5.74, 6) is 1.24. The fraction of sp³-hybridized carbons (Fsp3) is 0.588. The maximum atomic E-state index is 13.0. The fourth-order valence-corrected chi connectivity index (χ4v) is 5.15. The average molecular weight is 346 g/mol. The minimum atomic E-state index is 0.00889. The second-order valence-corrected chi connectivity index (χ2v) is 7.97. The maximum absolute atomic E-state index is 13.0. The Labute approximate surface area is 144 Å². The number of rotatable bonds is 2. The van der Waals surface area contributed by atoms with Gasteiger partial charge in [-0.2, -0.15) is 0 Å². The van der Waals surface area contributed by atoms with Crippen LogP contribution in [-0.4, -0.2) is 39.5 Å². The lowest BCUT2D eigenvalue weighted by Crippen LogP contribution is -2.34. The molecule has 128 valence electrons. The number of hydrogen-bond acceptors (Lipinski definition) is 5. The van der Waals surface area contributed by atoms with Crippen molar-refractivity contribution in [2.75, 3.05) is 13.1 Å². The number of aryl methyl sites for hydroxylation is 2. The van der Waals surface area contributed by atoms with Gasteiger partial charge in [-0.1, -0.05) is 0 Å². The van der Waals surface area contributed by atoms with Gasteiger partial charge in [-0.3, -0.25) is 14.2 Å². The molecule has 2 N–H and O–H groups in total. The van der Waals surface area contributed by atoms with Gasteiger partial charge < -0.3 is 10.6 Å². The zero-order valence-corrected chi connectivity index (χ0v) is 14.9. The van der Waals surface area contributed by atoms with Crippen molar-refractivity contribution in [3.05, 3.63) is 26.6 Å². The molecule has 1 amide bonds. The number of fused-ring (bicyclic) bond motifs is 2. The van der Waals surface area contributed by atoms with Gasteiger partial charge in [0.15, 0.2) is 0 Å². The molecule has 2 aliphatic rings. The summed E-state index contributed by atoms with van der Waals surface area (Å²) in [6.07, 6.45) is 2.75. The molecule has 0 spiro atoms. The highest BCUT2D eigenvalue weighted by Gasteiger charge is 2.34. The number of nitrogens with two attached hydrogens (primary N) is 1. The molecule has 4 rings (SSSR count). The smallest absolute Gasteiger partial charge is 0.264 e. The molecule has 2 atom stereocenters. The topological polar surface area (TPSA) is 81.2 Å². The van der Waals surface area contributed by atoms with Crippen LogP contribution in [0.3, 0.4) is 0 Å². The van der Waals surface area contributed by atoms with Crippen molar-refractivity contribution in [3.63, 3.8) is 0 Å². The van der Waals surface area contributed by atoms with Crippen molar-refractivity contribution in [2.45, 2.75) is 45.7 Å². The number of carbonyl (C=O) groups excluding carboxylic acids is 1. The van der Waals surface area contributed by atoms with E-state index >= 15 is 0 Å². The molecule has 0 saturated carbocycles. The largest absolute Gasteiger partial charge is 0.335 e. The Balaban J connectivity index is 1.78. The normalized spacial score (nSPS) is 23.2. The quantitative estimate of drug-likeness (QED) is 0.894. The number of thiophene rings is 1. The van der Waals surface area contributed by atoms with Crippen LogP contribution in [0.4, 0.5) is 0 Å². The van der Waals surface area contributed by atoms with E-state index in [1.807, 2.05) is 11.8 Å². The first-order valence-corrected chi connectivity index (χ1v) is 9.36. The third kappa shape index (κ3) is 2.22. The van der Waals surface area contributed by atoms with Crippen molar-refractivity contribution in [3.8, 4) is 0 Å². The van der Waals surface area contributed by atoms with E-state index in [0.717, 1.165) is 37.2 Å². The van der Waals surface area contributed by atoms with Crippen LogP contribution in [0.2, 0.25) is 0 Å². The molecule has 2 aliphatic heterocycles. The Morgan fingerprint density at radius 3 is 2.96 bits per heavy atom. The Hall–Kier alpha value is -1.73. The van der Waals surface area contributed by atoms with Gasteiger partial charge in [0.05, 0.1) is 10.3 Å². The summed E-state index contributed by atoms with van der Waals surface area (Å²) in [4.78, 5) is 33.7. The Bertz CT molecular complexity index is 885. The molecule has 24 heavy (non-hydrogen) atoms. The summed E-state index contributed by atoms with van der Waals surface area (Å²) in [6, 6.07) is 0.190. The van der Waals surface area contributed by atoms with Gasteiger partial charge in [0.25, 0.3) is 11.5 Å². The van der Waals surface area contributed by atoms with Crippen LogP contribution in [0.1, 0.15) is 40.8 Å². The Morgan fingerprint density at radius 2 is 2.25 bits per heavy atom. The molecule has 1 fully saturated rings. The second kappa shape index (κ2) is 5.67. The third-order valence-electron chi connectivity index (χ3n) is 5.36. The molecule has 0 aromatic carbocycles. The molecule has 2 aromatic heterocycles. The molecule has 0 aliphatic carbocycles. The summed E-state index contributed by atoms with van der Waals surface area (Å²) in [7, 11) is 0. The number of nitrogens with zero attached hydrogens (tertiary/aromatic N) is 3. The summed E-state index contributed by atoms with van der Waals surface area (Å²) >= 11 is 1.36. The SMILES string of the molecule is Cc1c(C(=O)N2CC(CN)CC2C)sc2nc3n(c(=O)c12)CCC3. The highest BCUT2D eigenvalue weighted by Crippen LogP contribution is 2.32. The zero-order valence-electron chi connectivity index (χ0n) is 14.0. The zero-order chi connectivity index (χ0) is 17.0. The van der Waals surface area contributed by atoms with Crippen molar-refractivity contribution < 1.29 is 4.79 Å². The van der Waals surface area contributed by atoms with E-state index in [4.69, 9.17) is 5.73 Å². The third-order valence-corrected chi connectivity index (χ3v) is 6.54. The van der Waals surface area contributed by atoms with Crippen LogP contribution in [0.25, 0.3) is 10.2 Å². The fourth-order valence-electron chi connectivity index (χ4n) is 4.01. The van der Waals surface area contributed by atoms with E-state index < -0.39 is 0 Å². The molecule has 0 bridgehead atoms. The molecule has 7 heteroatoms. The monoisotopic (exact) mass is 346 g/mol. The summed E-state index contributed by atoms with van der Waals surface area (Å²) in [5.41, 5.74) is 6.56. The molecular weight excluding hydrogens is 324 g/mol. The van der Waals surface area contributed by atoms with E-state index in [1.54, 1.807) is 4.57 Å². The number of carbonyl (C=O) groups is 1. The predicted molar refractivity (Wildman–Crippen MR) is 94.6 cm³/mol. The van der Waals surface area contributed by atoms with E-state index in [1.165, 1.54) is 11.3 Å². The molecular formula is C17H22N4O2S. The van der Waals surface area contributed by atoms with Crippen LogP contribution in [0.15, 0.2) is 4.79 Å². The van der Waals surface area contributed by atoms with Crippen molar-refractivity contribution in [1.29, 1.82) is 0 Å². The van der Waals surface area contributed by atoms with Crippen LogP contribution in [0.5, 0.6) is 0 Å². The first-order chi connectivity index (χ1) is 11.5. The number of likely N-dealkylation sites (tertiary alicyclic amines) is 1. The Kier molecular flexibility index (Phi) is 3.73. The van der Waals surface area contributed by atoms with E-state index in [0.29, 0.717) is 34.1 Å². The van der Waals surface area contributed by atoms with Gasteiger partial charge >= 0.3 is 0 Å². The lowest BCUT2D eigenvalue weighted by Gasteiger charge is -2.21.